The Labute approximate surface area is 146 Å². The average molecular weight is 327 g/mol. The van der Waals surface area contributed by atoms with Crippen LogP contribution in [0.4, 0.5) is 0 Å². The van der Waals surface area contributed by atoms with Crippen molar-refractivity contribution in [2.24, 2.45) is 0 Å². The zero-order chi connectivity index (χ0) is 17.1. The van der Waals surface area contributed by atoms with Crippen molar-refractivity contribution in [1.82, 2.24) is 14.8 Å². The van der Waals surface area contributed by atoms with Crippen LogP contribution in [0, 0.1) is 0 Å². The van der Waals surface area contributed by atoms with Crippen molar-refractivity contribution in [1.29, 1.82) is 0 Å². The summed E-state index contributed by atoms with van der Waals surface area (Å²) in [5, 5.41) is 8.30. The van der Waals surface area contributed by atoms with E-state index in [-0.39, 0.29) is 0 Å². The summed E-state index contributed by atoms with van der Waals surface area (Å²) < 4.78 is 7.31. The lowest BCUT2D eigenvalue weighted by atomic mass is 9.99. The average Bonchev–Trinajstić information content (AvgIpc) is 3.15. The van der Waals surface area contributed by atoms with Crippen LogP contribution in [0.2, 0.25) is 0 Å². The third-order valence-corrected chi connectivity index (χ3v) is 4.08. The van der Waals surface area contributed by atoms with E-state index in [1.54, 1.807) is 13.3 Å². The van der Waals surface area contributed by atoms with Crippen LogP contribution in [-0.4, -0.2) is 21.9 Å². The molecule has 0 N–H and O–H groups in total. The molecule has 4 heteroatoms. The molecule has 0 unspecified atom stereocenters. The Bertz CT molecular complexity index is 1020. The first-order chi connectivity index (χ1) is 12.3. The summed E-state index contributed by atoms with van der Waals surface area (Å²) in [5.74, 6) is 0.777. The molecular formula is C21H17N3O. The number of aromatic nitrogens is 3. The van der Waals surface area contributed by atoms with E-state index in [2.05, 4.69) is 40.7 Å². The van der Waals surface area contributed by atoms with Gasteiger partial charge in [0.25, 0.3) is 0 Å². The fourth-order valence-corrected chi connectivity index (χ4v) is 2.86. The molecule has 0 bridgehead atoms. The number of nitrogens with zero attached hydrogens (tertiary/aromatic N) is 3. The minimum atomic E-state index is 0.777. The highest BCUT2D eigenvalue weighted by atomic mass is 16.5. The molecule has 25 heavy (non-hydrogen) atoms. The Morgan fingerprint density at radius 2 is 1.68 bits per heavy atom. The van der Waals surface area contributed by atoms with Gasteiger partial charge in [0.15, 0.2) is 0 Å². The van der Waals surface area contributed by atoms with E-state index in [1.165, 1.54) is 0 Å². The maximum atomic E-state index is 5.47. The predicted octanol–water partition coefficient (Wildman–Crippen LogP) is 4.33. The Balaban J connectivity index is 1.99. The normalized spacial score (nSPS) is 11.6. The number of ether oxygens (including phenoxy) is 1. The topological polar surface area (TPSA) is 39.4 Å². The van der Waals surface area contributed by atoms with E-state index in [4.69, 9.17) is 4.74 Å². The fourth-order valence-electron chi connectivity index (χ4n) is 2.86. The summed E-state index contributed by atoms with van der Waals surface area (Å²) in [6.45, 7) is 0. The molecule has 4 aromatic rings. The van der Waals surface area contributed by atoms with Crippen molar-refractivity contribution in [2.45, 2.75) is 0 Å². The molecule has 0 spiro atoms. The summed E-state index contributed by atoms with van der Waals surface area (Å²) in [5.41, 5.74) is 5.11. The first-order valence-corrected chi connectivity index (χ1v) is 8.06. The number of hydrogen-bond donors (Lipinski definition) is 0. The Morgan fingerprint density at radius 1 is 0.960 bits per heavy atom. The van der Waals surface area contributed by atoms with Gasteiger partial charge in [-0.25, -0.2) is 4.52 Å². The van der Waals surface area contributed by atoms with Crippen LogP contribution >= 0.6 is 0 Å². The molecule has 4 rings (SSSR count). The molecule has 0 saturated carbocycles. The Kier molecular flexibility index (Phi) is 4.01. The molecular weight excluding hydrogens is 310 g/mol. The van der Waals surface area contributed by atoms with E-state index < -0.39 is 0 Å². The van der Waals surface area contributed by atoms with Crippen LogP contribution in [0.3, 0.4) is 0 Å². The molecule has 0 aliphatic carbocycles. The van der Waals surface area contributed by atoms with Crippen molar-refractivity contribution in [2.75, 3.05) is 7.11 Å². The van der Waals surface area contributed by atoms with Crippen LogP contribution in [0.15, 0.2) is 79.0 Å². The van der Waals surface area contributed by atoms with Crippen molar-refractivity contribution < 1.29 is 4.74 Å². The summed E-state index contributed by atoms with van der Waals surface area (Å²) in [7, 11) is 1.67. The molecule has 2 aromatic heterocycles. The minimum absolute atomic E-state index is 0.777. The summed E-state index contributed by atoms with van der Waals surface area (Å²) in [6, 6.07) is 24.4. The second-order valence-electron chi connectivity index (χ2n) is 5.69. The van der Waals surface area contributed by atoms with Crippen LogP contribution in [0.1, 0.15) is 16.8 Å². The maximum absolute atomic E-state index is 5.47. The van der Waals surface area contributed by atoms with E-state index in [9.17, 15) is 0 Å². The van der Waals surface area contributed by atoms with Gasteiger partial charge in [0.2, 0.25) is 0 Å². The van der Waals surface area contributed by atoms with E-state index >= 15 is 0 Å². The predicted molar refractivity (Wildman–Crippen MR) is 99.4 cm³/mol. The largest absolute Gasteiger partial charge is 0.497 e. The lowest BCUT2D eigenvalue weighted by Gasteiger charge is -2.12. The molecule has 2 heterocycles. The smallest absolute Gasteiger partial charge is 0.123 e. The van der Waals surface area contributed by atoms with Crippen LogP contribution in [0.25, 0.3) is 17.2 Å². The van der Waals surface area contributed by atoms with Crippen molar-refractivity contribution in [3.8, 4) is 5.75 Å². The lowest BCUT2D eigenvalue weighted by Crippen LogP contribution is -2.01. The molecule has 0 aliphatic rings. The highest BCUT2D eigenvalue weighted by Crippen LogP contribution is 2.29. The molecule has 0 fully saturated rings. The molecule has 0 aliphatic heterocycles. The quantitative estimate of drug-likeness (QED) is 0.524. The van der Waals surface area contributed by atoms with Gasteiger partial charge in [-0.3, -0.25) is 0 Å². The third kappa shape index (κ3) is 3.02. The molecule has 2 aromatic carbocycles. The molecule has 4 nitrogen and oxygen atoms in total. The van der Waals surface area contributed by atoms with Gasteiger partial charge >= 0.3 is 0 Å². The van der Waals surface area contributed by atoms with E-state index in [0.717, 1.165) is 33.7 Å². The highest BCUT2D eigenvalue weighted by molar-refractivity contribution is 5.91. The number of pyridine rings is 1. The summed E-state index contributed by atoms with van der Waals surface area (Å²) in [4.78, 5) is 0. The SMILES string of the molecule is COc1cc(/C(=C/c2ccccc2)c2ccccc2)n2nncc2c1. The lowest BCUT2D eigenvalue weighted by molar-refractivity contribution is 0.414. The number of hydrogen-bond acceptors (Lipinski definition) is 3. The van der Waals surface area contributed by atoms with E-state index in [0.29, 0.717) is 0 Å². The standard InChI is InChI=1S/C21H17N3O/c1-25-19-13-18-15-22-23-24(18)21(14-19)20(17-10-6-3-7-11-17)12-16-8-4-2-5-9-16/h2-15H,1H3/b20-12+. The maximum Gasteiger partial charge on any atom is 0.123 e. The molecule has 122 valence electrons. The van der Waals surface area contributed by atoms with Crippen LogP contribution in [0.5, 0.6) is 5.75 Å². The van der Waals surface area contributed by atoms with Crippen LogP contribution in [-0.2, 0) is 0 Å². The molecule has 0 saturated heterocycles. The first-order valence-electron chi connectivity index (χ1n) is 8.06. The van der Waals surface area contributed by atoms with Gasteiger partial charge in [-0.15, -0.1) is 5.10 Å². The fraction of sp³-hybridized carbons (Fsp3) is 0.0476. The van der Waals surface area contributed by atoms with Gasteiger partial charge in [-0.05, 0) is 17.2 Å². The number of rotatable bonds is 4. The van der Waals surface area contributed by atoms with Crippen molar-refractivity contribution in [3.05, 3.63) is 95.8 Å². The molecule has 0 radical (unpaired) electrons. The highest BCUT2D eigenvalue weighted by Gasteiger charge is 2.13. The minimum Gasteiger partial charge on any atom is -0.497 e. The second-order valence-corrected chi connectivity index (χ2v) is 5.69. The van der Waals surface area contributed by atoms with Gasteiger partial charge in [0.1, 0.15) is 5.75 Å². The number of fused-ring (bicyclic) bond motifs is 1. The van der Waals surface area contributed by atoms with Crippen LogP contribution < -0.4 is 4.74 Å². The van der Waals surface area contributed by atoms with Gasteiger partial charge in [-0.2, -0.15) is 0 Å². The molecule has 0 amide bonds. The summed E-state index contributed by atoms with van der Waals surface area (Å²) >= 11 is 0. The van der Waals surface area contributed by atoms with E-state index in [1.807, 2.05) is 53.0 Å². The Morgan fingerprint density at radius 3 is 2.40 bits per heavy atom. The number of methoxy groups -OCH3 is 1. The Hall–Kier alpha value is -3.40. The monoisotopic (exact) mass is 327 g/mol. The van der Waals surface area contributed by atoms with Crippen molar-refractivity contribution in [3.63, 3.8) is 0 Å². The second kappa shape index (κ2) is 6.61. The zero-order valence-electron chi connectivity index (χ0n) is 13.8. The summed E-state index contributed by atoms with van der Waals surface area (Å²) in [6.07, 6.45) is 3.89. The molecule has 0 atom stereocenters. The van der Waals surface area contributed by atoms with Gasteiger partial charge < -0.3 is 4.74 Å². The van der Waals surface area contributed by atoms with Gasteiger partial charge in [-0.1, -0.05) is 65.9 Å². The van der Waals surface area contributed by atoms with Gasteiger partial charge in [0, 0.05) is 17.7 Å². The number of benzene rings is 2. The van der Waals surface area contributed by atoms with Crippen molar-refractivity contribution >= 4 is 17.2 Å². The van der Waals surface area contributed by atoms with Gasteiger partial charge in [0.05, 0.1) is 24.5 Å². The first kappa shape index (κ1) is 15.1. The zero-order valence-corrected chi connectivity index (χ0v) is 13.8. The third-order valence-electron chi connectivity index (χ3n) is 4.08.